The summed E-state index contributed by atoms with van der Waals surface area (Å²) < 4.78 is 11.5. The number of aliphatic hydroxyl groups excluding tert-OH is 1. The van der Waals surface area contributed by atoms with Crippen LogP contribution in [0.25, 0.3) is 11.3 Å². The second-order valence-corrected chi connectivity index (χ2v) is 4.19. The van der Waals surface area contributed by atoms with Gasteiger partial charge in [-0.1, -0.05) is 15.9 Å². The normalized spacial score (nSPS) is 10.4. The average molecular weight is 283 g/mol. The third-order valence-corrected chi connectivity index (χ3v) is 2.76. The Morgan fingerprint density at radius 2 is 2.25 bits per heavy atom. The Morgan fingerprint density at radius 3 is 2.81 bits per heavy atom. The van der Waals surface area contributed by atoms with Crippen LogP contribution in [0.2, 0.25) is 0 Å². The predicted octanol–water partition coefficient (Wildman–Crippen LogP) is 3.21. The van der Waals surface area contributed by atoms with Crippen molar-refractivity contribution >= 4 is 15.9 Å². The molecule has 4 heteroatoms. The molecule has 2 aromatic rings. The zero-order valence-corrected chi connectivity index (χ0v) is 10.3. The van der Waals surface area contributed by atoms with Crippen LogP contribution in [0.4, 0.5) is 0 Å². The molecular weight excluding hydrogens is 272 g/mol. The molecule has 0 aliphatic rings. The molecular formula is C12H11BrO3. The molecule has 3 nitrogen and oxygen atoms in total. The maximum absolute atomic E-state index is 9.34. The van der Waals surface area contributed by atoms with Crippen LogP contribution in [0.3, 0.4) is 0 Å². The molecule has 2 rings (SSSR count). The van der Waals surface area contributed by atoms with E-state index in [0.29, 0.717) is 11.5 Å². The molecule has 1 aromatic carbocycles. The highest BCUT2D eigenvalue weighted by molar-refractivity contribution is 9.10. The highest BCUT2D eigenvalue weighted by Gasteiger charge is 2.14. The van der Waals surface area contributed by atoms with Gasteiger partial charge in [0.05, 0.1) is 25.5 Å². The van der Waals surface area contributed by atoms with E-state index < -0.39 is 0 Å². The van der Waals surface area contributed by atoms with Crippen molar-refractivity contribution in [3.63, 3.8) is 0 Å². The molecule has 1 heterocycles. The van der Waals surface area contributed by atoms with Crippen molar-refractivity contribution in [2.24, 2.45) is 0 Å². The fraction of sp³-hybridized carbons (Fsp3) is 0.167. The van der Waals surface area contributed by atoms with Gasteiger partial charge < -0.3 is 14.3 Å². The first-order valence-electron chi connectivity index (χ1n) is 4.77. The van der Waals surface area contributed by atoms with Crippen molar-refractivity contribution in [2.45, 2.75) is 6.61 Å². The molecule has 0 aliphatic heterocycles. The molecule has 0 amide bonds. The Kier molecular flexibility index (Phi) is 3.31. The highest BCUT2D eigenvalue weighted by Crippen LogP contribution is 2.36. The second-order valence-electron chi connectivity index (χ2n) is 3.28. The predicted molar refractivity (Wildman–Crippen MR) is 64.3 cm³/mol. The molecule has 0 atom stereocenters. The minimum atomic E-state index is -0.0637. The summed E-state index contributed by atoms with van der Waals surface area (Å²) in [4.78, 5) is 0. The Hall–Kier alpha value is -1.26. The van der Waals surface area contributed by atoms with E-state index in [1.54, 1.807) is 19.4 Å². The van der Waals surface area contributed by atoms with E-state index in [-0.39, 0.29) is 6.61 Å². The van der Waals surface area contributed by atoms with E-state index in [1.165, 1.54) is 0 Å². The maximum atomic E-state index is 9.34. The number of aliphatic hydroxyl groups is 1. The topological polar surface area (TPSA) is 42.6 Å². The van der Waals surface area contributed by atoms with Gasteiger partial charge in [-0.25, -0.2) is 0 Å². The monoisotopic (exact) mass is 282 g/mol. The summed E-state index contributed by atoms with van der Waals surface area (Å²) in [5, 5.41) is 9.34. The van der Waals surface area contributed by atoms with Crippen LogP contribution in [-0.2, 0) is 6.61 Å². The number of ether oxygens (including phenoxy) is 1. The first kappa shape index (κ1) is 11.2. The number of rotatable bonds is 3. The van der Waals surface area contributed by atoms with Crippen LogP contribution in [0.5, 0.6) is 5.75 Å². The van der Waals surface area contributed by atoms with E-state index in [9.17, 15) is 5.11 Å². The van der Waals surface area contributed by atoms with E-state index in [2.05, 4.69) is 15.9 Å². The lowest BCUT2D eigenvalue weighted by Gasteiger charge is -2.11. The van der Waals surface area contributed by atoms with E-state index in [0.717, 1.165) is 15.6 Å². The van der Waals surface area contributed by atoms with Crippen molar-refractivity contribution in [1.82, 2.24) is 0 Å². The zero-order valence-electron chi connectivity index (χ0n) is 8.74. The SMILES string of the molecule is COc1cc(Br)cc(CO)c1-c1ccco1. The second kappa shape index (κ2) is 4.72. The lowest BCUT2D eigenvalue weighted by atomic mass is 10.0. The number of methoxy groups -OCH3 is 1. The standard InChI is InChI=1S/C12H11BrO3/c1-15-11-6-9(13)5-8(7-14)12(11)10-3-2-4-16-10/h2-6,14H,7H2,1H3. The van der Waals surface area contributed by atoms with Crippen LogP contribution >= 0.6 is 15.9 Å². The lowest BCUT2D eigenvalue weighted by molar-refractivity contribution is 0.281. The number of hydrogen-bond acceptors (Lipinski definition) is 3. The molecule has 84 valence electrons. The molecule has 16 heavy (non-hydrogen) atoms. The Balaban J connectivity index is 2.65. The van der Waals surface area contributed by atoms with Crippen LogP contribution in [0.15, 0.2) is 39.4 Å². The van der Waals surface area contributed by atoms with E-state index in [4.69, 9.17) is 9.15 Å². The number of halogens is 1. The van der Waals surface area contributed by atoms with Crippen LogP contribution in [-0.4, -0.2) is 12.2 Å². The largest absolute Gasteiger partial charge is 0.496 e. The lowest BCUT2D eigenvalue weighted by Crippen LogP contribution is -1.94. The summed E-state index contributed by atoms with van der Waals surface area (Å²) in [5.41, 5.74) is 1.55. The first-order chi connectivity index (χ1) is 7.76. The van der Waals surface area contributed by atoms with Crippen molar-refractivity contribution in [3.05, 3.63) is 40.6 Å². The maximum Gasteiger partial charge on any atom is 0.137 e. The van der Waals surface area contributed by atoms with Gasteiger partial charge in [0.15, 0.2) is 0 Å². The Morgan fingerprint density at radius 1 is 1.44 bits per heavy atom. The molecule has 1 N–H and O–H groups in total. The fourth-order valence-corrected chi connectivity index (χ4v) is 2.11. The number of furan rings is 1. The van der Waals surface area contributed by atoms with Gasteiger partial charge in [0.2, 0.25) is 0 Å². The van der Waals surface area contributed by atoms with Gasteiger partial charge in [-0.05, 0) is 29.8 Å². The van der Waals surface area contributed by atoms with Gasteiger partial charge in [-0.15, -0.1) is 0 Å². The molecule has 0 unspecified atom stereocenters. The molecule has 0 radical (unpaired) electrons. The van der Waals surface area contributed by atoms with Crippen LogP contribution < -0.4 is 4.74 Å². The molecule has 0 saturated heterocycles. The molecule has 0 fully saturated rings. The van der Waals surface area contributed by atoms with Crippen molar-refractivity contribution in [2.75, 3.05) is 7.11 Å². The smallest absolute Gasteiger partial charge is 0.137 e. The third kappa shape index (κ3) is 1.99. The summed E-state index contributed by atoms with van der Waals surface area (Å²) in [6.45, 7) is -0.0637. The van der Waals surface area contributed by atoms with E-state index >= 15 is 0 Å². The van der Waals surface area contributed by atoms with Crippen LogP contribution in [0, 0.1) is 0 Å². The van der Waals surface area contributed by atoms with Crippen molar-refractivity contribution in [3.8, 4) is 17.1 Å². The van der Waals surface area contributed by atoms with Gasteiger partial charge >= 0.3 is 0 Å². The van der Waals surface area contributed by atoms with Gasteiger partial charge in [0.25, 0.3) is 0 Å². The molecule has 0 spiro atoms. The van der Waals surface area contributed by atoms with Crippen molar-refractivity contribution in [1.29, 1.82) is 0 Å². The summed E-state index contributed by atoms with van der Waals surface area (Å²) in [5.74, 6) is 1.36. The summed E-state index contributed by atoms with van der Waals surface area (Å²) >= 11 is 3.37. The van der Waals surface area contributed by atoms with Gasteiger partial charge in [0.1, 0.15) is 11.5 Å². The van der Waals surface area contributed by atoms with Gasteiger partial charge in [0, 0.05) is 4.47 Å². The molecule has 0 aliphatic carbocycles. The summed E-state index contributed by atoms with van der Waals surface area (Å²) in [7, 11) is 1.59. The summed E-state index contributed by atoms with van der Waals surface area (Å²) in [6, 6.07) is 7.33. The quantitative estimate of drug-likeness (QED) is 0.940. The molecule has 0 saturated carbocycles. The van der Waals surface area contributed by atoms with Crippen molar-refractivity contribution < 1.29 is 14.3 Å². The summed E-state index contributed by atoms with van der Waals surface area (Å²) in [6.07, 6.45) is 1.60. The van der Waals surface area contributed by atoms with Gasteiger partial charge in [-0.2, -0.15) is 0 Å². The zero-order chi connectivity index (χ0) is 11.5. The van der Waals surface area contributed by atoms with E-state index in [1.807, 2.05) is 18.2 Å². The number of hydrogen-bond donors (Lipinski definition) is 1. The molecule has 1 aromatic heterocycles. The van der Waals surface area contributed by atoms with Gasteiger partial charge in [-0.3, -0.25) is 0 Å². The average Bonchev–Trinajstić information content (AvgIpc) is 2.80. The highest BCUT2D eigenvalue weighted by atomic mass is 79.9. The van der Waals surface area contributed by atoms with Crippen LogP contribution in [0.1, 0.15) is 5.56 Å². The number of benzene rings is 1. The minimum Gasteiger partial charge on any atom is -0.496 e. The Bertz CT molecular complexity index is 452. The minimum absolute atomic E-state index is 0.0637. The first-order valence-corrected chi connectivity index (χ1v) is 5.56. The third-order valence-electron chi connectivity index (χ3n) is 2.31. The Labute approximate surface area is 102 Å². The fourth-order valence-electron chi connectivity index (χ4n) is 1.62. The molecule has 0 bridgehead atoms.